The van der Waals surface area contributed by atoms with Crippen molar-refractivity contribution in [3.05, 3.63) is 59.7 Å². The maximum Gasteiger partial charge on any atom is 0.240 e. The Morgan fingerprint density at radius 2 is 1.29 bits per heavy atom. The average Bonchev–Trinajstić information content (AvgIpc) is 2.79. The Kier molecular flexibility index (Phi) is 10.7. The zero-order valence-corrected chi connectivity index (χ0v) is 18.4. The molecule has 31 heavy (non-hydrogen) atoms. The number of rotatable bonds is 12. The van der Waals surface area contributed by atoms with Gasteiger partial charge in [0.05, 0.1) is 26.6 Å². The number of amides is 2. The number of carbonyl (C=O) groups excluding carboxylic acids is 2. The van der Waals surface area contributed by atoms with E-state index in [1.807, 2.05) is 48.5 Å². The molecule has 2 rings (SSSR count). The number of hydrogen-bond donors (Lipinski definition) is 2. The van der Waals surface area contributed by atoms with Crippen LogP contribution in [0, 0.1) is 0 Å². The minimum atomic E-state index is -0.181. The Labute approximate surface area is 186 Å². The molecule has 0 fully saturated rings. The highest BCUT2D eigenvalue weighted by Gasteiger charge is 2.03. The van der Waals surface area contributed by atoms with Gasteiger partial charge in [-0.2, -0.15) is 22.0 Å². The van der Waals surface area contributed by atoms with Crippen molar-refractivity contribution in [2.24, 2.45) is 10.2 Å². The molecular weight excluding hydrogens is 416 g/mol. The zero-order valence-electron chi connectivity index (χ0n) is 17.5. The minimum absolute atomic E-state index is 0.181. The van der Waals surface area contributed by atoms with Gasteiger partial charge in [0.2, 0.25) is 11.8 Å². The van der Waals surface area contributed by atoms with Crippen LogP contribution in [0.2, 0.25) is 0 Å². The Morgan fingerprint density at radius 3 is 1.71 bits per heavy atom. The molecule has 0 saturated carbocycles. The van der Waals surface area contributed by atoms with Gasteiger partial charge in [0.15, 0.2) is 0 Å². The van der Waals surface area contributed by atoms with Gasteiger partial charge in [-0.15, -0.1) is 0 Å². The summed E-state index contributed by atoms with van der Waals surface area (Å²) in [7, 11) is 3.18. The Hall–Kier alpha value is -3.33. The molecule has 0 saturated heterocycles. The van der Waals surface area contributed by atoms with E-state index in [0.717, 1.165) is 22.6 Å². The summed E-state index contributed by atoms with van der Waals surface area (Å²) < 4.78 is 10.3. The monoisotopic (exact) mass is 442 g/mol. The van der Waals surface area contributed by atoms with Crippen molar-refractivity contribution in [3.8, 4) is 11.5 Å². The highest BCUT2D eigenvalue weighted by Crippen LogP contribution is 2.11. The third kappa shape index (κ3) is 9.81. The maximum atomic E-state index is 11.8. The molecule has 2 aromatic rings. The molecule has 9 heteroatoms. The van der Waals surface area contributed by atoms with Gasteiger partial charge in [-0.25, -0.2) is 10.9 Å². The van der Waals surface area contributed by atoms with E-state index in [2.05, 4.69) is 21.1 Å². The number of hydrazone groups is 2. The Bertz CT molecular complexity index is 844. The molecule has 0 heterocycles. The van der Waals surface area contributed by atoms with Crippen LogP contribution >= 0.6 is 11.8 Å². The first kappa shape index (κ1) is 23.9. The average molecular weight is 443 g/mol. The van der Waals surface area contributed by atoms with Crippen LogP contribution in [0.25, 0.3) is 0 Å². The topological polar surface area (TPSA) is 101 Å². The molecule has 0 radical (unpaired) electrons. The maximum absolute atomic E-state index is 11.8. The predicted molar refractivity (Wildman–Crippen MR) is 124 cm³/mol. The van der Waals surface area contributed by atoms with Crippen LogP contribution in [0.3, 0.4) is 0 Å². The standard InChI is InChI=1S/C22H26N4O4S/c1-29-19-7-3-5-17(13-19)15-23-25-21(27)9-11-31-12-10-22(28)26-24-16-18-6-4-8-20(14-18)30-2/h3-8,13-16H,9-12H2,1-2H3,(H,25,27)(H,26,28)/b23-15+,24-16?. The van der Waals surface area contributed by atoms with E-state index in [1.54, 1.807) is 26.6 Å². The second-order valence-corrected chi connectivity index (χ2v) is 7.48. The summed E-state index contributed by atoms with van der Waals surface area (Å²) in [5.41, 5.74) is 6.63. The van der Waals surface area contributed by atoms with E-state index in [1.165, 1.54) is 11.8 Å². The van der Waals surface area contributed by atoms with E-state index in [-0.39, 0.29) is 11.8 Å². The molecule has 0 spiro atoms. The lowest BCUT2D eigenvalue weighted by molar-refractivity contribution is -0.121. The first-order chi connectivity index (χ1) is 15.1. The number of benzene rings is 2. The highest BCUT2D eigenvalue weighted by atomic mass is 32.2. The highest BCUT2D eigenvalue weighted by molar-refractivity contribution is 7.99. The third-order valence-corrected chi connectivity index (χ3v) is 4.93. The summed E-state index contributed by atoms with van der Waals surface area (Å²) >= 11 is 1.52. The van der Waals surface area contributed by atoms with Crippen LogP contribution < -0.4 is 20.3 Å². The van der Waals surface area contributed by atoms with Crippen molar-refractivity contribution >= 4 is 36.0 Å². The van der Waals surface area contributed by atoms with Crippen LogP contribution in [0.4, 0.5) is 0 Å². The summed E-state index contributed by atoms with van der Waals surface area (Å²) in [6, 6.07) is 14.7. The van der Waals surface area contributed by atoms with Gasteiger partial charge < -0.3 is 9.47 Å². The zero-order chi connectivity index (χ0) is 22.3. The fraction of sp³-hybridized carbons (Fsp3) is 0.273. The Morgan fingerprint density at radius 1 is 0.839 bits per heavy atom. The molecular formula is C22H26N4O4S. The van der Waals surface area contributed by atoms with Gasteiger partial charge in [-0.05, 0) is 35.4 Å². The van der Waals surface area contributed by atoms with E-state index >= 15 is 0 Å². The third-order valence-electron chi connectivity index (χ3n) is 3.94. The van der Waals surface area contributed by atoms with Crippen molar-refractivity contribution in [1.82, 2.24) is 10.9 Å². The number of ether oxygens (including phenoxy) is 2. The lowest BCUT2D eigenvalue weighted by Gasteiger charge is -2.02. The number of nitrogens with one attached hydrogen (secondary N) is 2. The molecule has 0 atom stereocenters. The first-order valence-electron chi connectivity index (χ1n) is 9.60. The van der Waals surface area contributed by atoms with Crippen LogP contribution in [0.1, 0.15) is 24.0 Å². The smallest absolute Gasteiger partial charge is 0.240 e. The number of hydrogen-bond acceptors (Lipinski definition) is 7. The van der Waals surface area contributed by atoms with Crippen LogP contribution in [0.5, 0.6) is 11.5 Å². The molecule has 0 bridgehead atoms. The molecule has 8 nitrogen and oxygen atoms in total. The molecule has 0 aliphatic carbocycles. The van der Waals surface area contributed by atoms with E-state index < -0.39 is 0 Å². The molecule has 0 unspecified atom stereocenters. The number of carbonyl (C=O) groups is 2. The molecule has 0 aromatic heterocycles. The van der Waals surface area contributed by atoms with Crippen LogP contribution in [-0.4, -0.2) is 50.0 Å². The minimum Gasteiger partial charge on any atom is -0.497 e. The van der Waals surface area contributed by atoms with Gasteiger partial charge in [0.1, 0.15) is 11.5 Å². The molecule has 2 aromatic carbocycles. The molecule has 0 aliphatic rings. The Balaban J connectivity index is 1.56. The summed E-state index contributed by atoms with van der Waals surface area (Å²) in [4.78, 5) is 23.6. The number of thioether (sulfide) groups is 1. The molecule has 2 amide bonds. The van der Waals surface area contributed by atoms with Crippen molar-refractivity contribution in [3.63, 3.8) is 0 Å². The van der Waals surface area contributed by atoms with Crippen molar-refractivity contribution in [1.29, 1.82) is 0 Å². The fourth-order valence-electron chi connectivity index (χ4n) is 2.34. The summed E-state index contributed by atoms with van der Waals surface area (Å²) in [6.45, 7) is 0. The second-order valence-electron chi connectivity index (χ2n) is 6.25. The van der Waals surface area contributed by atoms with E-state index in [9.17, 15) is 9.59 Å². The molecule has 164 valence electrons. The van der Waals surface area contributed by atoms with Crippen molar-refractivity contribution in [2.45, 2.75) is 12.8 Å². The summed E-state index contributed by atoms with van der Waals surface area (Å²) in [5, 5.41) is 7.87. The van der Waals surface area contributed by atoms with Gasteiger partial charge in [0.25, 0.3) is 0 Å². The van der Waals surface area contributed by atoms with Crippen molar-refractivity contribution < 1.29 is 19.1 Å². The normalized spacial score (nSPS) is 10.9. The fourth-order valence-corrected chi connectivity index (χ4v) is 3.21. The summed E-state index contributed by atoms with van der Waals surface area (Å²) in [6.07, 6.45) is 3.75. The van der Waals surface area contributed by atoms with Crippen molar-refractivity contribution in [2.75, 3.05) is 25.7 Å². The largest absolute Gasteiger partial charge is 0.497 e. The predicted octanol–water partition coefficient (Wildman–Crippen LogP) is 2.82. The van der Waals surface area contributed by atoms with E-state index in [0.29, 0.717) is 24.3 Å². The van der Waals surface area contributed by atoms with Gasteiger partial charge >= 0.3 is 0 Å². The van der Waals surface area contributed by atoms with E-state index in [4.69, 9.17) is 9.47 Å². The van der Waals surface area contributed by atoms with Gasteiger partial charge in [0, 0.05) is 24.3 Å². The quantitative estimate of drug-likeness (QED) is 0.299. The molecule has 2 N–H and O–H groups in total. The van der Waals surface area contributed by atoms with Gasteiger partial charge in [-0.1, -0.05) is 24.3 Å². The summed E-state index contributed by atoms with van der Waals surface area (Å²) in [5.74, 6) is 2.28. The first-order valence-corrected chi connectivity index (χ1v) is 10.8. The van der Waals surface area contributed by atoms with Crippen LogP contribution in [-0.2, 0) is 9.59 Å². The second kappa shape index (κ2) is 13.8. The van der Waals surface area contributed by atoms with Gasteiger partial charge in [-0.3, -0.25) is 9.59 Å². The van der Waals surface area contributed by atoms with Crippen LogP contribution in [0.15, 0.2) is 58.7 Å². The number of nitrogens with zero attached hydrogens (tertiary/aromatic N) is 2. The lowest BCUT2D eigenvalue weighted by Crippen LogP contribution is -2.19. The molecule has 0 aliphatic heterocycles. The SMILES string of the molecule is COc1cccc(C=NNC(=O)CCSCCC(=O)N/N=C/c2cccc(OC)c2)c1. The lowest BCUT2D eigenvalue weighted by atomic mass is 10.2. The number of methoxy groups -OCH3 is 2.